The maximum absolute atomic E-state index is 13.1. The van der Waals surface area contributed by atoms with Crippen molar-refractivity contribution in [2.24, 2.45) is 0 Å². The first kappa shape index (κ1) is 21.1. The van der Waals surface area contributed by atoms with Gasteiger partial charge in [-0.05, 0) is 59.8 Å². The first-order valence-corrected chi connectivity index (χ1v) is 10.7. The van der Waals surface area contributed by atoms with Crippen LogP contribution < -0.4 is 4.74 Å². The van der Waals surface area contributed by atoms with E-state index in [4.69, 9.17) is 16.3 Å². The maximum Gasteiger partial charge on any atom is 0.295 e. The highest BCUT2D eigenvalue weighted by atomic mass is 35.5. The lowest BCUT2D eigenvalue weighted by Crippen LogP contribution is -2.29. The van der Waals surface area contributed by atoms with Crippen LogP contribution in [0.25, 0.3) is 5.76 Å². The first-order chi connectivity index (χ1) is 14.9. The maximum atomic E-state index is 13.1. The number of amides is 1. The molecule has 1 aliphatic heterocycles. The first-order valence-electron chi connectivity index (χ1n) is 9.47. The van der Waals surface area contributed by atoms with Crippen LogP contribution in [-0.4, -0.2) is 33.8 Å². The Morgan fingerprint density at radius 3 is 2.61 bits per heavy atom. The zero-order valence-electron chi connectivity index (χ0n) is 16.8. The minimum Gasteiger partial charge on any atom is -0.507 e. The second kappa shape index (κ2) is 8.53. The Hall–Kier alpha value is -3.16. The Morgan fingerprint density at radius 2 is 1.97 bits per heavy atom. The summed E-state index contributed by atoms with van der Waals surface area (Å²) in [4.78, 5) is 32.5. The molecule has 4 rings (SSSR count). The van der Waals surface area contributed by atoms with E-state index in [1.54, 1.807) is 42.7 Å². The van der Waals surface area contributed by atoms with Gasteiger partial charge in [0.2, 0.25) is 0 Å². The predicted molar refractivity (Wildman–Crippen MR) is 119 cm³/mol. The number of aromatic nitrogens is 1. The number of Topliss-reactive ketones (excluding diaryl/α,β-unsaturated/α-hetero) is 1. The van der Waals surface area contributed by atoms with Gasteiger partial charge in [0.1, 0.15) is 17.6 Å². The fourth-order valence-electron chi connectivity index (χ4n) is 3.62. The standard InChI is InChI=1S/C23H19ClN2O4S/c1-13-7-10-31-22(13)19-18(20(27)16-11-15(30-2)3-4-17(16)24)21(28)23(29)26(19)12-14-5-8-25-9-6-14/h3-11,19,27H,12H2,1-2H3/b20-18+. The van der Waals surface area contributed by atoms with Crippen LogP contribution in [0.2, 0.25) is 5.02 Å². The predicted octanol–water partition coefficient (Wildman–Crippen LogP) is 4.74. The molecule has 6 nitrogen and oxygen atoms in total. The normalized spacial score (nSPS) is 17.9. The number of rotatable bonds is 5. The highest BCUT2D eigenvalue weighted by Crippen LogP contribution is 2.44. The average Bonchev–Trinajstić information content (AvgIpc) is 3.30. The minimum atomic E-state index is -0.747. The van der Waals surface area contributed by atoms with Gasteiger partial charge in [-0.2, -0.15) is 0 Å². The number of thiophene rings is 1. The van der Waals surface area contributed by atoms with Crippen molar-refractivity contribution in [2.45, 2.75) is 19.5 Å². The molecule has 1 fully saturated rings. The Balaban J connectivity index is 1.90. The van der Waals surface area contributed by atoms with Gasteiger partial charge in [0.15, 0.2) is 0 Å². The van der Waals surface area contributed by atoms with Crippen molar-refractivity contribution in [2.75, 3.05) is 7.11 Å². The van der Waals surface area contributed by atoms with Crippen LogP contribution in [0.1, 0.15) is 27.6 Å². The van der Waals surface area contributed by atoms with Crippen LogP contribution >= 0.6 is 22.9 Å². The molecule has 0 radical (unpaired) electrons. The lowest BCUT2D eigenvalue weighted by molar-refractivity contribution is -0.140. The van der Waals surface area contributed by atoms with Gasteiger partial charge in [0, 0.05) is 29.4 Å². The number of carbonyl (C=O) groups excluding carboxylic acids is 2. The van der Waals surface area contributed by atoms with Crippen LogP contribution in [0.5, 0.6) is 5.75 Å². The van der Waals surface area contributed by atoms with E-state index in [2.05, 4.69) is 4.98 Å². The Bertz CT molecular complexity index is 1190. The zero-order chi connectivity index (χ0) is 22.1. The number of aliphatic hydroxyl groups excluding tert-OH is 1. The molecule has 1 N–H and O–H groups in total. The molecule has 2 aromatic heterocycles. The number of ketones is 1. The average molecular weight is 455 g/mol. The van der Waals surface area contributed by atoms with Crippen LogP contribution in [0.3, 0.4) is 0 Å². The van der Waals surface area contributed by atoms with Crippen molar-refractivity contribution >= 4 is 40.4 Å². The number of aryl methyl sites for hydroxylation is 1. The van der Waals surface area contributed by atoms with Crippen molar-refractivity contribution in [3.63, 3.8) is 0 Å². The monoisotopic (exact) mass is 454 g/mol. The summed E-state index contributed by atoms with van der Waals surface area (Å²) in [6, 6.07) is 9.55. The topological polar surface area (TPSA) is 79.7 Å². The van der Waals surface area contributed by atoms with Crippen molar-refractivity contribution < 1.29 is 19.4 Å². The third-order valence-corrected chi connectivity index (χ3v) is 6.62. The lowest BCUT2D eigenvalue weighted by Gasteiger charge is -2.25. The van der Waals surface area contributed by atoms with E-state index >= 15 is 0 Å². The summed E-state index contributed by atoms with van der Waals surface area (Å²) < 4.78 is 5.23. The number of pyridine rings is 1. The summed E-state index contributed by atoms with van der Waals surface area (Å²) in [5, 5.41) is 13.3. The molecule has 1 unspecified atom stereocenters. The summed E-state index contributed by atoms with van der Waals surface area (Å²) in [6.45, 7) is 2.12. The molecular weight excluding hydrogens is 436 g/mol. The molecule has 0 bridgehead atoms. The number of hydrogen-bond donors (Lipinski definition) is 1. The van der Waals surface area contributed by atoms with Gasteiger partial charge >= 0.3 is 0 Å². The smallest absolute Gasteiger partial charge is 0.295 e. The van der Waals surface area contributed by atoms with Gasteiger partial charge in [0.25, 0.3) is 11.7 Å². The number of hydrogen-bond acceptors (Lipinski definition) is 6. The number of nitrogens with zero attached hydrogens (tertiary/aromatic N) is 2. The quantitative estimate of drug-likeness (QED) is 0.342. The number of carbonyl (C=O) groups is 2. The highest BCUT2D eigenvalue weighted by molar-refractivity contribution is 7.10. The van der Waals surface area contributed by atoms with Crippen molar-refractivity contribution in [3.8, 4) is 5.75 Å². The Kier molecular flexibility index (Phi) is 5.80. The third kappa shape index (κ3) is 3.82. The molecule has 1 aliphatic rings. The van der Waals surface area contributed by atoms with Gasteiger partial charge < -0.3 is 14.7 Å². The van der Waals surface area contributed by atoms with Gasteiger partial charge in [-0.25, -0.2) is 0 Å². The molecule has 158 valence electrons. The molecule has 1 aromatic carbocycles. The lowest BCUT2D eigenvalue weighted by atomic mass is 9.98. The Morgan fingerprint density at radius 1 is 1.23 bits per heavy atom. The number of halogens is 1. The molecule has 3 heterocycles. The van der Waals surface area contributed by atoms with E-state index in [0.717, 1.165) is 16.0 Å². The fraction of sp³-hybridized carbons (Fsp3) is 0.174. The number of methoxy groups -OCH3 is 1. The van der Waals surface area contributed by atoms with Crippen LogP contribution in [0.15, 0.2) is 59.7 Å². The number of likely N-dealkylation sites (tertiary alicyclic amines) is 1. The van der Waals surface area contributed by atoms with E-state index in [1.165, 1.54) is 23.3 Å². The van der Waals surface area contributed by atoms with Crippen molar-refractivity contribution in [1.82, 2.24) is 9.88 Å². The van der Waals surface area contributed by atoms with E-state index in [1.807, 2.05) is 18.4 Å². The van der Waals surface area contributed by atoms with E-state index < -0.39 is 17.7 Å². The van der Waals surface area contributed by atoms with Crippen LogP contribution in [-0.2, 0) is 16.1 Å². The molecule has 1 atom stereocenters. The van der Waals surface area contributed by atoms with Gasteiger partial charge in [-0.1, -0.05) is 11.6 Å². The number of aliphatic hydroxyl groups is 1. The number of ether oxygens (including phenoxy) is 1. The fourth-order valence-corrected chi connectivity index (χ4v) is 4.88. The molecule has 0 aliphatic carbocycles. The van der Waals surface area contributed by atoms with Crippen molar-refractivity contribution in [3.05, 3.63) is 86.3 Å². The molecule has 0 spiro atoms. The zero-order valence-corrected chi connectivity index (χ0v) is 18.4. The Labute approximate surface area is 188 Å². The van der Waals surface area contributed by atoms with Crippen molar-refractivity contribution in [1.29, 1.82) is 0 Å². The summed E-state index contributed by atoms with van der Waals surface area (Å²) in [5.74, 6) is -1.27. The van der Waals surface area contributed by atoms with E-state index in [9.17, 15) is 14.7 Å². The summed E-state index contributed by atoms with van der Waals surface area (Å²) in [7, 11) is 1.50. The molecular formula is C23H19ClN2O4S. The molecule has 0 saturated carbocycles. The summed E-state index contributed by atoms with van der Waals surface area (Å²) in [6.07, 6.45) is 3.26. The van der Waals surface area contributed by atoms with E-state index in [0.29, 0.717) is 5.75 Å². The molecule has 8 heteroatoms. The third-order valence-electron chi connectivity index (χ3n) is 5.22. The second-order valence-corrected chi connectivity index (χ2v) is 8.45. The summed E-state index contributed by atoms with van der Waals surface area (Å²) >= 11 is 7.75. The molecule has 31 heavy (non-hydrogen) atoms. The number of benzene rings is 1. The van der Waals surface area contributed by atoms with Crippen LogP contribution in [0.4, 0.5) is 0 Å². The summed E-state index contributed by atoms with van der Waals surface area (Å²) in [5.41, 5.74) is 2.01. The largest absolute Gasteiger partial charge is 0.507 e. The second-order valence-electron chi connectivity index (χ2n) is 7.10. The van der Waals surface area contributed by atoms with Gasteiger partial charge in [0.05, 0.1) is 17.7 Å². The van der Waals surface area contributed by atoms with Gasteiger partial charge in [-0.15, -0.1) is 11.3 Å². The minimum absolute atomic E-state index is 0.0137. The molecule has 3 aromatic rings. The SMILES string of the molecule is COc1ccc(Cl)c(/C(O)=C2\C(=O)C(=O)N(Cc3ccncc3)C2c2sccc2C)c1. The molecule has 1 amide bonds. The highest BCUT2D eigenvalue weighted by Gasteiger charge is 2.47. The van der Waals surface area contributed by atoms with Gasteiger partial charge in [-0.3, -0.25) is 14.6 Å². The molecule has 1 saturated heterocycles. The van der Waals surface area contributed by atoms with Crippen LogP contribution in [0, 0.1) is 6.92 Å². The van der Waals surface area contributed by atoms with E-state index in [-0.39, 0.29) is 28.5 Å².